The number of anilines is 1. The van der Waals surface area contributed by atoms with Crippen molar-refractivity contribution in [1.29, 1.82) is 0 Å². The molecule has 0 saturated heterocycles. The maximum atomic E-state index is 11.5. The lowest BCUT2D eigenvalue weighted by molar-refractivity contribution is -0.384. The van der Waals surface area contributed by atoms with E-state index >= 15 is 0 Å². The summed E-state index contributed by atoms with van der Waals surface area (Å²) in [5, 5.41) is 22.4. The van der Waals surface area contributed by atoms with Gasteiger partial charge in [-0.25, -0.2) is 9.59 Å². The van der Waals surface area contributed by atoms with Crippen LogP contribution in [0.15, 0.2) is 24.3 Å². The third-order valence-corrected chi connectivity index (χ3v) is 2.59. The highest BCUT2D eigenvalue weighted by Gasteiger charge is 2.19. The Morgan fingerprint density at radius 3 is 2.57 bits per heavy atom. The summed E-state index contributed by atoms with van der Waals surface area (Å²) in [5.74, 6) is 0. The Morgan fingerprint density at radius 1 is 1.39 bits per heavy atom. The quantitative estimate of drug-likeness (QED) is 0.634. The van der Waals surface area contributed by atoms with Gasteiger partial charge in [0.2, 0.25) is 0 Å². The first-order valence-electron chi connectivity index (χ1n) is 6.82. The molecular weight excluding hydrogens is 306 g/mol. The summed E-state index contributed by atoms with van der Waals surface area (Å²) in [6, 6.07) is 5.25. The number of nitro groups is 1. The lowest BCUT2D eigenvalue weighted by Crippen LogP contribution is -2.40. The van der Waals surface area contributed by atoms with E-state index in [2.05, 4.69) is 5.32 Å². The Hall–Kier alpha value is -2.84. The van der Waals surface area contributed by atoms with Crippen molar-refractivity contribution >= 4 is 23.6 Å². The van der Waals surface area contributed by atoms with Crippen molar-refractivity contribution in [3.05, 3.63) is 34.4 Å². The number of nitrogens with one attached hydrogen (secondary N) is 1. The van der Waals surface area contributed by atoms with Crippen LogP contribution in [0.1, 0.15) is 20.8 Å². The first kappa shape index (κ1) is 18.2. The van der Waals surface area contributed by atoms with Crippen LogP contribution in [-0.4, -0.2) is 40.9 Å². The largest absolute Gasteiger partial charge is 0.465 e. The average Bonchev–Trinajstić information content (AvgIpc) is 2.41. The Bertz CT molecular complexity index is 596. The van der Waals surface area contributed by atoms with E-state index in [-0.39, 0.29) is 24.5 Å². The van der Waals surface area contributed by atoms with E-state index in [0.29, 0.717) is 0 Å². The molecule has 0 unspecified atom stereocenters. The molecule has 1 rings (SSSR count). The normalized spacial score (nSPS) is 10.7. The Labute approximate surface area is 133 Å². The zero-order chi connectivity index (χ0) is 17.6. The van der Waals surface area contributed by atoms with Gasteiger partial charge in [0, 0.05) is 25.2 Å². The molecule has 0 radical (unpaired) electrons. The van der Waals surface area contributed by atoms with Gasteiger partial charge in [0.25, 0.3) is 5.69 Å². The number of non-ortho nitro benzene ring substituents is 1. The highest BCUT2D eigenvalue weighted by atomic mass is 16.6. The van der Waals surface area contributed by atoms with E-state index in [1.807, 2.05) is 0 Å². The maximum Gasteiger partial charge on any atom is 0.411 e. The molecule has 0 spiro atoms. The van der Waals surface area contributed by atoms with Gasteiger partial charge in [-0.1, -0.05) is 6.07 Å². The molecule has 1 aromatic rings. The van der Waals surface area contributed by atoms with Crippen LogP contribution in [0.25, 0.3) is 0 Å². The molecule has 0 fully saturated rings. The molecule has 0 saturated carbocycles. The predicted octanol–water partition coefficient (Wildman–Crippen LogP) is 2.60. The Kier molecular flexibility index (Phi) is 5.88. The van der Waals surface area contributed by atoms with Crippen LogP contribution < -0.4 is 10.2 Å². The average molecular weight is 325 g/mol. The number of hydrogen-bond donors (Lipinski definition) is 2. The molecule has 0 aliphatic rings. The molecule has 0 aliphatic heterocycles. The lowest BCUT2D eigenvalue weighted by Gasteiger charge is -2.22. The van der Waals surface area contributed by atoms with Crippen molar-refractivity contribution in [3.63, 3.8) is 0 Å². The SMILES string of the molecule is CC(C)(C)OC(=O)NCCN(C(=O)O)c1cccc([N+](=O)[O-])c1. The summed E-state index contributed by atoms with van der Waals surface area (Å²) in [5.41, 5.74) is -0.720. The minimum Gasteiger partial charge on any atom is -0.465 e. The Morgan fingerprint density at radius 2 is 2.04 bits per heavy atom. The topological polar surface area (TPSA) is 122 Å². The van der Waals surface area contributed by atoms with Gasteiger partial charge in [0.1, 0.15) is 5.60 Å². The molecule has 9 nitrogen and oxygen atoms in total. The minimum atomic E-state index is -1.28. The van der Waals surface area contributed by atoms with E-state index in [1.54, 1.807) is 20.8 Å². The number of nitro benzene ring substituents is 1. The van der Waals surface area contributed by atoms with Crippen molar-refractivity contribution in [2.24, 2.45) is 0 Å². The summed E-state index contributed by atoms with van der Waals surface area (Å²) in [6.07, 6.45) is -1.95. The minimum absolute atomic E-state index is 0.00387. The number of carboxylic acid groups (broad SMARTS) is 1. The molecule has 0 aliphatic carbocycles. The monoisotopic (exact) mass is 325 g/mol. The van der Waals surface area contributed by atoms with Gasteiger partial charge in [-0.2, -0.15) is 0 Å². The smallest absolute Gasteiger partial charge is 0.411 e. The highest BCUT2D eigenvalue weighted by Crippen LogP contribution is 2.21. The number of rotatable bonds is 5. The van der Waals surface area contributed by atoms with Gasteiger partial charge in [0.15, 0.2) is 0 Å². The van der Waals surface area contributed by atoms with Crippen molar-refractivity contribution < 1.29 is 24.4 Å². The Balaban J connectivity index is 2.70. The summed E-state index contributed by atoms with van der Waals surface area (Å²) in [7, 11) is 0. The second-order valence-electron chi connectivity index (χ2n) is 5.64. The molecule has 2 amide bonds. The van der Waals surface area contributed by atoms with Gasteiger partial charge >= 0.3 is 12.2 Å². The van der Waals surface area contributed by atoms with Crippen LogP contribution in [0.2, 0.25) is 0 Å². The van der Waals surface area contributed by atoms with Crippen molar-refractivity contribution in [3.8, 4) is 0 Å². The number of hydrogen-bond acceptors (Lipinski definition) is 5. The second kappa shape index (κ2) is 7.43. The molecule has 23 heavy (non-hydrogen) atoms. The number of carbonyl (C=O) groups excluding carboxylic acids is 1. The molecular formula is C14H19N3O6. The van der Waals surface area contributed by atoms with E-state index < -0.39 is 22.7 Å². The molecule has 0 heterocycles. The third-order valence-electron chi connectivity index (χ3n) is 2.59. The van der Waals surface area contributed by atoms with Crippen LogP contribution in [0.4, 0.5) is 21.0 Å². The summed E-state index contributed by atoms with van der Waals surface area (Å²) in [6.45, 7) is 5.05. The molecule has 0 atom stereocenters. The number of nitrogens with zero attached hydrogens (tertiary/aromatic N) is 2. The fourth-order valence-corrected chi connectivity index (χ4v) is 1.69. The predicted molar refractivity (Wildman–Crippen MR) is 82.7 cm³/mol. The summed E-state index contributed by atoms with van der Waals surface area (Å²) < 4.78 is 5.03. The standard InChI is InChI=1S/C14H19N3O6/c1-14(2,3)23-12(18)15-7-8-16(13(19)20)10-5-4-6-11(9-10)17(21)22/h4-6,9H,7-8H2,1-3H3,(H,15,18)(H,19,20). The first-order valence-corrected chi connectivity index (χ1v) is 6.82. The van der Waals surface area contributed by atoms with E-state index in [1.165, 1.54) is 18.2 Å². The number of alkyl carbamates (subject to hydrolysis) is 1. The zero-order valence-electron chi connectivity index (χ0n) is 13.1. The molecule has 1 aromatic carbocycles. The molecule has 2 N–H and O–H groups in total. The molecule has 0 bridgehead atoms. The second-order valence-corrected chi connectivity index (χ2v) is 5.64. The van der Waals surface area contributed by atoms with Crippen molar-refractivity contribution in [2.75, 3.05) is 18.0 Å². The van der Waals surface area contributed by atoms with Crippen LogP contribution in [-0.2, 0) is 4.74 Å². The number of benzene rings is 1. The van der Waals surface area contributed by atoms with Crippen LogP contribution >= 0.6 is 0 Å². The van der Waals surface area contributed by atoms with Crippen LogP contribution in [0.3, 0.4) is 0 Å². The fourth-order valence-electron chi connectivity index (χ4n) is 1.69. The van der Waals surface area contributed by atoms with Crippen molar-refractivity contribution in [2.45, 2.75) is 26.4 Å². The van der Waals surface area contributed by atoms with Crippen LogP contribution in [0.5, 0.6) is 0 Å². The molecule has 0 aromatic heterocycles. The fraction of sp³-hybridized carbons (Fsp3) is 0.429. The van der Waals surface area contributed by atoms with E-state index in [9.17, 15) is 24.8 Å². The zero-order valence-corrected chi connectivity index (χ0v) is 13.1. The van der Waals surface area contributed by atoms with Gasteiger partial charge in [-0.05, 0) is 26.8 Å². The summed E-state index contributed by atoms with van der Waals surface area (Å²) in [4.78, 5) is 33.8. The third kappa shape index (κ3) is 6.20. The molecule has 9 heteroatoms. The van der Waals surface area contributed by atoms with Gasteiger partial charge < -0.3 is 15.2 Å². The maximum absolute atomic E-state index is 11.5. The number of amides is 2. The van der Waals surface area contributed by atoms with E-state index in [0.717, 1.165) is 11.0 Å². The first-order chi connectivity index (χ1) is 10.6. The van der Waals surface area contributed by atoms with Gasteiger partial charge in [-0.15, -0.1) is 0 Å². The van der Waals surface area contributed by atoms with Gasteiger partial charge in [-0.3, -0.25) is 15.0 Å². The van der Waals surface area contributed by atoms with E-state index in [4.69, 9.17) is 4.74 Å². The van der Waals surface area contributed by atoms with Crippen LogP contribution in [0, 0.1) is 10.1 Å². The summed E-state index contributed by atoms with van der Waals surface area (Å²) >= 11 is 0. The number of ether oxygens (including phenoxy) is 1. The number of carbonyl (C=O) groups is 2. The highest BCUT2D eigenvalue weighted by molar-refractivity contribution is 5.86. The molecule has 126 valence electrons. The van der Waals surface area contributed by atoms with Gasteiger partial charge in [0.05, 0.1) is 10.6 Å². The lowest BCUT2D eigenvalue weighted by atomic mass is 10.2. The van der Waals surface area contributed by atoms with Crippen molar-refractivity contribution in [1.82, 2.24) is 5.32 Å².